The Kier molecular flexibility index (Phi) is 4.72. The van der Waals surface area contributed by atoms with Gasteiger partial charge in [-0.2, -0.15) is 5.10 Å². The highest BCUT2D eigenvalue weighted by molar-refractivity contribution is 7.89. The molecule has 1 heterocycles. The molecule has 0 saturated carbocycles. The number of aryl methyl sites for hydroxylation is 4. The summed E-state index contributed by atoms with van der Waals surface area (Å²) >= 11 is 0. The molecule has 1 N–H and O–H groups in total. The van der Waals surface area contributed by atoms with Gasteiger partial charge in [-0.1, -0.05) is 12.1 Å². The zero-order chi connectivity index (χ0) is 16.5. The summed E-state index contributed by atoms with van der Waals surface area (Å²) in [5.74, 6) is 0. The maximum absolute atomic E-state index is 12.5. The Morgan fingerprint density at radius 2 is 1.86 bits per heavy atom. The molecule has 0 saturated heterocycles. The quantitative estimate of drug-likeness (QED) is 0.920. The standard InChI is InChI=1S/C16H23N3O2S/c1-6-19-14(5)15(13(4)18-19)10-17-22(20,21)16-9-11(2)7-8-12(16)3/h7-9,17H,6,10H2,1-5H3. The molecule has 1 aromatic carbocycles. The van der Waals surface area contributed by atoms with Gasteiger partial charge in [-0.25, -0.2) is 13.1 Å². The lowest BCUT2D eigenvalue weighted by molar-refractivity contribution is 0.580. The first kappa shape index (κ1) is 16.7. The minimum absolute atomic E-state index is 0.257. The van der Waals surface area contributed by atoms with Gasteiger partial charge in [0.2, 0.25) is 10.0 Å². The van der Waals surface area contributed by atoms with Crippen molar-refractivity contribution < 1.29 is 8.42 Å². The van der Waals surface area contributed by atoms with E-state index in [2.05, 4.69) is 9.82 Å². The third-order valence-corrected chi connectivity index (χ3v) is 5.45. The first-order valence-electron chi connectivity index (χ1n) is 7.36. The van der Waals surface area contributed by atoms with E-state index < -0.39 is 10.0 Å². The van der Waals surface area contributed by atoms with Gasteiger partial charge in [0.05, 0.1) is 10.6 Å². The van der Waals surface area contributed by atoms with Crippen LogP contribution in [0.5, 0.6) is 0 Å². The highest BCUT2D eigenvalue weighted by atomic mass is 32.2. The number of aromatic nitrogens is 2. The number of sulfonamides is 1. The van der Waals surface area contributed by atoms with Crippen molar-refractivity contribution in [1.29, 1.82) is 0 Å². The van der Waals surface area contributed by atoms with Gasteiger partial charge in [0, 0.05) is 24.3 Å². The van der Waals surface area contributed by atoms with Crippen LogP contribution in [0, 0.1) is 27.7 Å². The Labute approximate surface area is 132 Å². The molecular weight excluding hydrogens is 298 g/mol. The predicted molar refractivity (Wildman–Crippen MR) is 87.3 cm³/mol. The van der Waals surface area contributed by atoms with Crippen LogP contribution in [0.2, 0.25) is 0 Å². The van der Waals surface area contributed by atoms with E-state index in [9.17, 15) is 8.42 Å². The van der Waals surface area contributed by atoms with Gasteiger partial charge in [-0.15, -0.1) is 0 Å². The van der Waals surface area contributed by atoms with Crippen LogP contribution in [0.4, 0.5) is 0 Å². The highest BCUT2D eigenvalue weighted by Gasteiger charge is 2.19. The normalized spacial score (nSPS) is 11.9. The third kappa shape index (κ3) is 3.23. The Hall–Kier alpha value is -1.66. The summed E-state index contributed by atoms with van der Waals surface area (Å²) in [6, 6.07) is 5.44. The lowest BCUT2D eigenvalue weighted by Crippen LogP contribution is -2.24. The number of nitrogens with one attached hydrogen (secondary N) is 1. The molecule has 120 valence electrons. The summed E-state index contributed by atoms with van der Waals surface area (Å²) in [6.07, 6.45) is 0. The fraction of sp³-hybridized carbons (Fsp3) is 0.438. The minimum Gasteiger partial charge on any atom is -0.270 e. The van der Waals surface area contributed by atoms with Gasteiger partial charge in [0.25, 0.3) is 0 Å². The molecule has 0 radical (unpaired) electrons. The second-order valence-corrected chi connectivity index (χ2v) is 7.29. The van der Waals surface area contributed by atoms with Crippen molar-refractivity contribution >= 4 is 10.0 Å². The molecule has 0 bridgehead atoms. The summed E-state index contributed by atoms with van der Waals surface area (Å²) in [5.41, 5.74) is 4.48. The molecule has 0 fully saturated rings. The fourth-order valence-electron chi connectivity index (χ4n) is 2.54. The lowest BCUT2D eigenvalue weighted by Gasteiger charge is -2.10. The van der Waals surface area contributed by atoms with Crippen LogP contribution >= 0.6 is 0 Å². The summed E-state index contributed by atoms with van der Waals surface area (Å²) in [4.78, 5) is 0.339. The number of rotatable bonds is 5. The zero-order valence-corrected chi connectivity index (χ0v) is 14.6. The molecule has 0 amide bonds. The van der Waals surface area contributed by atoms with E-state index in [1.165, 1.54) is 0 Å². The number of hydrogen-bond donors (Lipinski definition) is 1. The van der Waals surface area contributed by atoms with Gasteiger partial charge in [-0.05, 0) is 51.8 Å². The van der Waals surface area contributed by atoms with E-state index in [-0.39, 0.29) is 6.54 Å². The molecule has 6 heteroatoms. The second kappa shape index (κ2) is 6.22. The minimum atomic E-state index is -3.53. The first-order chi connectivity index (χ1) is 10.3. The fourth-order valence-corrected chi connectivity index (χ4v) is 3.86. The summed E-state index contributed by atoms with van der Waals surface area (Å²) in [6.45, 7) is 10.6. The van der Waals surface area contributed by atoms with Crippen LogP contribution in [0.15, 0.2) is 23.1 Å². The van der Waals surface area contributed by atoms with Gasteiger partial charge in [0.15, 0.2) is 0 Å². The van der Waals surface area contributed by atoms with Crippen molar-refractivity contribution in [1.82, 2.24) is 14.5 Å². The lowest BCUT2D eigenvalue weighted by atomic mass is 10.2. The molecule has 0 spiro atoms. The molecule has 22 heavy (non-hydrogen) atoms. The second-order valence-electron chi connectivity index (χ2n) is 5.56. The Bertz CT molecular complexity index is 792. The number of nitrogens with zero attached hydrogens (tertiary/aromatic N) is 2. The van der Waals surface area contributed by atoms with E-state index in [0.717, 1.165) is 34.6 Å². The van der Waals surface area contributed by atoms with Crippen molar-refractivity contribution in [2.24, 2.45) is 0 Å². The Balaban J connectivity index is 2.27. The van der Waals surface area contributed by atoms with Crippen LogP contribution in [-0.4, -0.2) is 18.2 Å². The molecule has 2 aromatic rings. The Morgan fingerprint density at radius 3 is 2.45 bits per heavy atom. The molecule has 2 rings (SSSR count). The van der Waals surface area contributed by atoms with Crippen molar-refractivity contribution in [3.63, 3.8) is 0 Å². The van der Waals surface area contributed by atoms with E-state index in [4.69, 9.17) is 0 Å². The molecule has 0 aliphatic carbocycles. The maximum Gasteiger partial charge on any atom is 0.241 e. The molecule has 5 nitrogen and oxygen atoms in total. The molecule has 0 unspecified atom stereocenters. The van der Waals surface area contributed by atoms with Crippen LogP contribution in [0.25, 0.3) is 0 Å². The molecule has 0 aliphatic heterocycles. The summed E-state index contributed by atoms with van der Waals surface area (Å²) in [5, 5.41) is 4.42. The van der Waals surface area contributed by atoms with Crippen LogP contribution in [0.3, 0.4) is 0 Å². The van der Waals surface area contributed by atoms with Gasteiger partial charge >= 0.3 is 0 Å². The SMILES string of the molecule is CCn1nc(C)c(CNS(=O)(=O)c2cc(C)ccc2C)c1C. The van der Waals surface area contributed by atoms with Crippen LogP contribution in [-0.2, 0) is 23.1 Å². The van der Waals surface area contributed by atoms with E-state index >= 15 is 0 Å². The summed E-state index contributed by atoms with van der Waals surface area (Å²) < 4.78 is 29.7. The van der Waals surface area contributed by atoms with Crippen LogP contribution < -0.4 is 4.72 Å². The zero-order valence-electron chi connectivity index (χ0n) is 13.8. The molecule has 1 aromatic heterocycles. The van der Waals surface area contributed by atoms with Gasteiger partial charge in [0.1, 0.15) is 0 Å². The number of benzene rings is 1. The largest absolute Gasteiger partial charge is 0.270 e. The van der Waals surface area contributed by atoms with Crippen molar-refractivity contribution in [3.8, 4) is 0 Å². The predicted octanol–water partition coefficient (Wildman–Crippen LogP) is 2.62. The molecule has 0 aliphatic rings. The third-order valence-electron chi connectivity index (χ3n) is 3.90. The molecular formula is C16H23N3O2S. The monoisotopic (exact) mass is 321 g/mol. The van der Waals surface area contributed by atoms with Gasteiger partial charge in [-0.3, -0.25) is 4.68 Å². The molecule has 0 atom stereocenters. The van der Waals surface area contributed by atoms with Crippen molar-refractivity contribution in [2.75, 3.05) is 0 Å². The van der Waals surface area contributed by atoms with E-state index in [1.807, 2.05) is 44.5 Å². The average Bonchev–Trinajstić information content (AvgIpc) is 2.73. The Morgan fingerprint density at radius 1 is 1.18 bits per heavy atom. The maximum atomic E-state index is 12.5. The van der Waals surface area contributed by atoms with E-state index in [1.54, 1.807) is 13.0 Å². The van der Waals surface area contributed by atoms with Gasteiger partial charge < -0.3 is 0 Å². The topological polar surface area (TPSA) is 64.0 Å². The van der Waals surface area contributed by atoms with Crippen LogP contribution in [0.1, 0.15) is 35.0 Å². The van der Waals surface area contributed by atoms with E-state index in [0.29, 0.717) is 4.90 Å². The first-order valence-corrected chi connectivity index (χ1v) is 8.84. The average molecular weight is 321 g/mol. The van der Waals surface area contributed by atoms with Crippen molar-refractivity contribution in [3.05, 3.63) is 46.3 Å². The smallest absolute Gasteiger partial charge is 0.241 e. The highest BCUT2D eigenvalue weighted by Crippen LogP contribution is 2.18. The van der Waals surface area contributed by atoms with Crippen molar-refractivity contribution in [2.45, 2.75) is 52.6 Å². The number of hydrogen-bond acceptors (Lipinski definition) is 3. The summed E-state index contributed by atoms with van der Waals surface area (Å²) in [7, 11) is -3.53.